The number of ether oxygens (including phenoxy) is 1. The average Bonchev–Trinajstić information content (AvgIpc) is 2.57. The summed E-state index contributed by atoms with van der Waals surface area (Å²) in [7, 11) is 1.51. The van der Waals surface area contributed by atoms with Gasteiger partial charge in [0.25, 0.3) is 11.5 Å². The van der Waals surface area contributed by atoms with Crippen molar-refractivity contribution in [2.75, 3.05) is 6.61 Å². The largest absolute Gasteiger partial charge is 0.494 e. The minimum Gasteiger partial charge on any atom is -0.494 e. The highest BCUT2D eigenvalue weighted by Gasteiger charge is 2.13. The third kappa shape index (κ3) is 5.45. The maximum absolute atomic E-state index is 12.3. The first-order valence-corrected chi connectivity index (χ1v) is 8.45. The number of benzene rings is 1. The molecule has 1 amide bonds. The number of rotatable bonds is 7. The monoisotopic (exact) mass is 343 g/mol. The van der Waals surface area contributed by atoms with Gasteiger partial charge in [-0.3, -0.25) is 9.59 Å². The zero-order chi connectivity index (χ0) is 18.4. The Hall–Kier alpha value is -2.63. The predicted molar refractivity (Wildman–Crippen MR) is 96.8 cm³/mol. The SMILES string of the molecule is CC(C)CCOc1ccc([C@H](C)NC(=O)c2ccc(=O)n(C)n2)cc1. The van der Waals surface area contributed by atoms with Gasteiger partial charge >= 0.3 is 0 Å². The van der Waals surface area contributed by atoms with Gasteiger partial charge in [0, 0.05) is 13.1 Å². The molecule has 1 aromatic carbocycles. The van der Waals surface area contributed by atoms with E-state index < -0.39 is 0 Å². The zero-order valence-electron chi connectivity index (χ0n) is 15.2. The first-order chi connectivity index (χ1) is 11.9. The molecule has 134 valence electrons. The molecule has 0 aliphatic rings. The summed E-state index contributed by atoms with van der Waals surface area (Å²) < 4.78 is 6.84. The molecule has 0 saturated heterocycles. The van der Waals surface area contributed by atoms with Gasteiger partial charge < -0.3 is 10.1 Å². The van der Waals surface area contributed by atoms with Gasteiger partial charge in [-0.05, 0) is 43.0 Å². The van der Waals surface area contributed by atoms with Crippen molar-refractivity contribution in [1.29, 1.82) is 0 Å². The molecule has 0 aliphatic heterocycles. The number of nitrogens with one attached hydrogen (secondary N) is 1. The van der Waals surface area contributed by atoms with Gasteiger partial charge in [-0.2, -0.15) is 5.10 Å². The van der Waals surface area contributed by atoms with Crippen LogP contribution in [0.5, 0.6) is 5.75 Å². The van der Waals surface area contributed by atoms with Crippen LogP contribution in [0.2, 0.25) is 0 Å². The molecular weight excluding hydrogens is 318 g/mol. The molecule has 0 aliphatic carbocycles. The number of carbonyl (C=O) groups excluding carboxylic acids is 1. The molecule has 0 spiro atoms. The standard InChI is InChI=1S/C19H25N3O3/c1-13(2)11-12-25-16-7-5-15(6-8-16)14(3)20-19(24)17-9-10-18(23)22(4)21-17/h5-10,13-14H,11-12H2,1-4H3,(H,20,24)/t14-/m0/s1. The van der Waals surface area contributed by atoms with E-state index >= 15 is 0 Å². The molecule has 25 heavy (non-hydrogen) atoms. The number of hydrogen-bond acceptors (Lipinski definition) is 4. The normalized spacial score (nSPS) is 12.0. The maximum atomic E-state index is 12.3. The summed E-state index contributed by atoms with van der Waals surface area (Å²) in [5, 5.41) is 6.83. The van der Waals surface area contributed by atoms with Crippen LogP contribution in [-0.4, -0.2) is 22.3 Å². The highest BCUT2D eigenvalue weighted by molar-refractivity contribution is 5.92. The smallest absolute Gasteiger partial charge is 0.272 e. The number of amides is 1. The van der Waals surface area contributed by atoms with Crippen molar-refractivity contribution in [3.8, 4) is 5.75 Å². The van der Waals surface area contributed by atoms with Gasteiger partial charge in [-0.1, -0.05) is 26.0 Å². The molecule has 0 saturated carbocycles. The van der Waals surface area contributed by atoms with Crippen LogP contribution < -0.4 is 15.6 Å². The Labute approximate surface area is 147 Å². The Morgan fingerprint density at radius 1 is 1.16 bits per heavy atom. The lowest BCUT2D eigenvalue weighted by atomic mass is 10.1. The summed E-state index contributed by atoms with van der Waals surface area (Å²) in [6.45, 7) is 6.92. The van der Waals surface area contributed by atoms with Crippen molar-refractivity contribution in [3.63, 3.8) is 0 Å². The molecular formula is C19H25N3O3. The maximum Gasteiger partial charge on any atom is 0.272 e. The number of nitrogens with zero attached hydrogens (tertiary/aromatic N) is 2. The Bertz CT molecular complexity index is 766. The molecule has 6 heteroatoms. The van der Waals surface area contributed by atoms with Gasteiger partial charge in [0.05, 0.1) is 12.6 Å². The topological polar surface area (TPSA) is 73.2 Å². The quantitative estimate of drug-likeness (QED) is 0.839. The fourth-order valence-corrected chi connectivity index (χ4v) is 2.24. The molecule has 1 atom stereocenters. The Morgan fingerprint density at radius 3 is 2.44 bits per heavy atom. The van der Waals surface area contributed by atoms with E-state index in [9.17, 15) is 9.59 Å². The number of aryl methyl sites for hydroxylation is 1. The van der Waals surface area contributed by atoms with E-state index in [0.717, 1.165) is 22.4 Å². The molecule has 2 aromatic rings. The van der Waals surface area contributed by atoms with E-state index in [-0.39, 0.29) is 23.2 Å². The minimum absolute atomic E-state index is 0.184. The van der Waals surface area contributed by atoms with Crippen LogP contribution in [-0.2, 0) is 7.05 Å². The van der Waals surface area contributed by atoms with E-state index in [2.05, 4.69) is 24.3 Å². The van der Waals surface area contributed by atoms with Crippen LogP contribution >= 0.6 is 0 Å². The third-order valence-electron chi connectivity index (χ3n) is 3.88. The fourth-order valence-electron chi connectivity index (χ4n) is 2.24. The second-order valence-electron chi connectivity index (χ2n) is 6.48. The van der Waals surface area contributed by atoms with E-state index in [0.29, 0.717) is 12.5 Å². The molecule has 0 bridgehead atoms. The Balaban J connectivity index is 1.95. The van der Waals surface area contributed by atoms with Crippen LogP contribution in [0.3, 0.4) is 0 Å². The summed E-state index contributed by atoms with van der Waals surface area (Å²) in [6, 6.07) is 10.3. The lowest BCUT2D eigenvalue weighted by molar-refractivity contribution is 0.0932. The van der Waals surface area contributed by atoms with Gasteiger partial charge in [-0.15, -0.1) is 0 Å². The van der Waals surface area contributed by atoms with Gasteiger partial charge in [0.1, 0.15) is 11.4 Å². The Kier molecular flexibility index (Phi) is 6.33. The van der Waals surface area contributed by atoms with Crippen LogP contribution in [0.4, 0.5) is 0 Å². The third-order valence-corrected chi connectivity index (χ3v) is 3.88. The summed E-state index contributed by atoms with van der Waals surface area (Å²) in [6.07, 6.45) is 1.01. The van der Waals surface area contributed by atoms with Crippen LogP contribution in [0, 0.1) is 5.92 Å². The lowest BCUT2D eigenvalue weighted by Crippen LogP contribution is -2.30. The second kappa shape index (κ2) is 8.46. The summed E-state index contributed by atoms with van der Waals surface area (Å²) in [5.41, 5.74) is 0.926. The first-order valence-electron chi connectivity index (χ1n) is 8.45. The molecule has 1 heterocycles. The molecule has 0 fully saturated rings. The Morgan fingerprint density at radius 2 is 1.84 bits per heavy atom. The molecule has 2 rings (SSSR count). The van der Waals surface area contributed by atoms with Crippen LogP contribution in [0.1, 0.15) is 49.3 Å². The minimum atomic E-state index is -0.319. The molecule has 1 N–H and O–H groups in total. The highest BCUT2D eigenvalue weighted by atomic mass is 16.5. The van der Waals surface area contributed by atoms with Crippen LogP contribution in [0.25, 0.3) is 0 Å². The lowest BCUT2D eigenvalue weighted by Gasteiger charge is -2.15. The van der Waals surface area contributed by atoms with Gasteiger partial charge in [0.15, 0.2) is 0 Å². The highest BCUT2D eigenvalue weighted by Crippen LogP contribution is 2.18. The second-order valence-corrected chi connectivity index (χ2v) is 6.48. The van der Waals surface area contributed by atoms with E-state index in [4.69, 9.17) is 4.74 Å². The number of aromatic nitrogens is 2. The van der Waals surface area contributed by atoms with E-state index in [1.54, 1.807) is 0 Å². The van der Waals surface area contributed by atoms with Gasteiger partial charge in [0.2, 0.25) is 0 Å². The summed E-state index contributed by atoms with van der Waals surface area (Å²) >= 11 is 0. The number of carbonyl (C=O) groups is 1. The summed E-state index contributed by atoms with van der Waals surface area (Å²) in [4.78, 5) is 23.6. The molecule has 6 nitrogen and oxygen atoms in total. The van der Waals surface area contributed by atoms with Crippen LogP contribution in [0.15, 0.2) is 41.2 Å². The van der Waals surface area contributed by atoms with Crippen molar-refractivity contribution in [3.05, 3.63) is 58.0 Å². The number of hydrogen-bond donors (Lipinski definition) is 1. The van der Waals surface area contributed by atoms with E-state index in [1.807, 2.05) is 31.2 Å². The van der Waals surface area contributed by atoms with Crippen molar-refractivity contribution < 1.29 is 9.53 Å². The van der Waals surface area contributed by atoms with Gasteiger partial charge in [-0.25, -0.2) is 4.68 Å². The zero-order valence-corrected chi connectivity index (χ0v) is 15.2. The average molecular weight is 343 g/mol. The van der Waals surface area contributed by atoms with Crippen molar-refractivity contribution in [2.24, 2.45) is 13.0 Å². The summed E-state index contributed by atoms with van der Waals surface area (Å²) in [5.74, 6) is 1.11. The van der Waals surface area contributed by atoms with Crippen molar-refractivity contribution in [1.82, 2.24) is 15.1 Å². The molecule has 0 unspecified atom stereocenters. The van der Waals surface area contributed by atoms with Crippen molar-refractivity contribution >= 4 is 5.91 Å². The van der Waals surface area contributed by atoms with Crippen molar-refractivity contribution in [2.45, 2.75) is 33.2 Å². The fraction of sp³-hybridized carbons (Fsp3) is 0.421. The predicted octanol–water partition coefficient (Wildman–Crippen LogP) is 2.70. The molecule has 1 aromatic heterocycles. The first kappa shape index (κ1) is 18.7. The molecule has 0 radical (unpaired) electrons. The van der Waals surface area contributed by atoms with E-state index in [1.165, 1.54) is 19.2 Å².